The predicted octanol–water partition coefficient (Wildman–Crippen LogP) is 0.627. The number of hydrogen-bond acceptors (Lipinski definition) is 4. The first-order valence-electron chi connectivity index (χ1n) is 6.64. The Morgan fingerprint density at radius 1 is 1.42 bits per heavy atom. The highest BCUT2D eigenvalue weighted by atomic mass is 16.5. The second kappa shape index (κ2) is 4.83. The van der Waals surface area contributed by atoms with Gasteiger partial charge in [-0.1, -0.05) is 12.1 Å². The summed E-state index contributed by atoms with van der Waals surface area (Å²) in [6.45, 7) is 0.733. The summed E-state index contributed by atoms with van der Waals surface area (Å²) in [7, 11) is 0. The van der Waals surface area contributed by atoms with E-state index in [-0.39, 0.29) is 35.4 Å². The fourth-order valence-electron chi connectivity index (χ4n) is 3.02. The van der Waals surface area contributed by atoms with Crippen LogP contribution in [0.25, 0.3) is 0 Å². The van der Waals surface area contributed by atoms with Crippen LogP contribution in [0.4, 0.5) is 0 Å². The van der Waals surface area contributed by atoms with Crippen LogP contribution < -0.4 is 11.1 Å². The van der Waals surface area contributed by atoms with Crippen LogP contribution in [-0.4, -0.2) is 35.8 Å². The lowest BCUT2D eigenvalue weighted by Crippen LogP contribution is -2.72. The Balaban J connectivity index is 1.69. The Labute approximate surface area is 111 Å². The van der Waals surface area contributed by atoms with Gasteiger partial charge in [0.15, 0.2) is 0 Å². The summed E-state index contributed by atoms with van der Waals surface area (Å²) in [5.41, 5.74) is 6.36. The number of nitrogens with one attached hydrogen (secondary N) is 1. The highest BCUT2D eigenvalue weighted by molar-refractivity contribution is 5.97. The molecule has 102 valence electrons. The molecule has 1 heterocycles. The van der Waals surface area contributed by atoms with E-state index in [9.17, 15) is 9.90 Å². The molecule has 1 saturated heterocycles. The minimum Gasteiger partial charge on any atom is -0.507 e. The summed E-state index contributed by atoms with van der Waals surface area (Å²) in [4.78, 5) is 12.1. The zero-order valence-corrected chi connectivity index (χ0v) is 10.6. The molecule has 1 aromatic carbocycles. The van der Waals surface area contributed by atoms with Crippen LogP contribution in [0.3, 0.4) is 0 Å². The number of amides is 1. The average Bonchev–Trinajstić information content (AvgIpc) is 2.44. The number of rotatable bonds is 2. The van der Waals surface area contributed by atoms with E-state index in [0.29, 0.717) is 5.92 Å². The smallest absolute Gasteiger partial charge is 0.255 e. The minimum absolute atomic E-state index is 0.0194. The number of phenolic OH excluding ortho intramolecular Hbond substituents is 1. The number of para-hydroxylation sites is 1. The number of carbonyl (C=O) groups is 1. The number of hydrogen-bond donors (Lipinski definition) is 3. The summed E-state index contributed by atoms with van der Waals surface area (Å²) in [5.74, 6) is 0.0311. The monoisotopic (exact) mass is 262 g/mol. The summed E-state index contributed by atoms with van der Waals surface area (Å²) in [6, 6.07) is 6.28. The Morgan fingerprint density at radius 3 is 3.00 bits per heavy atom. The zero-order chi connectivity index (χ0) is 13.4. The Kier molecular flexibility index (Phi) is 3.16. The first kappa shape index (κ1) is 12.4. The molecular weight excluding hydrogens is 244 g/mol. The van der Waals surface area contributed by atoms with Crippen molar-refractivity contribution in [2.75, 3.05) is 6.61 Å². The molecule has 1 saturated carbocycles. The van der Waals surface area contributed by atoms with E-state index in [2.05, 4.69) is 5.32 Å². The van der Waals surface area contributed by atoms with Crippen LogP contribution in [0, 0.1) is 5.92 Å². The van der Waals surface area contributed by atoms with Gasteiger partial charge in [-0.3, -0.25) is 4.79 Å². The molecule has 4 N–H and O–H groups in total. The fourth-order valence-corrected chi connectivity index (χ4v) is 3.02. The molecule has 0 bridgehead atoms. The van der Waals surface area contributed by atoms with Gasteiger partial charge in [-0.05, 0) is 25.0 Å². The molecule has 4 atom stereocenters. The van der Waals surface area contributed by atoms with Crippen molar-refractivity contribution < 1.29 is 14.6 Å². The minimum atomic E-state index is -0.300. The Morgan fingerprint density at radius 2 is 2.21 bits per heavy atom. The van der Waals surface area contributed by atoms with Crippen LogP contribution in [0.5, 0.6) is 5.75 Å². The highest BCUT2D eigenvalue weighted by Gasteiger charge is 2.51. The van der Waals surface area contributed by atoms with E-state index < -0.39 is 0 Å². The van der Waals surface area contributed by atoms with Gasteiger partial charge in [0.1, 0.15) is 5.75 Å². The third kappa shape index (κ3) is 2.09. The highest BCUT2D eigenvalue weighted by Crippen LogP contribution is 2.37. The molecule has 2 aliphatic rings. The molecule has 3 rings (SSSR count). The molecule has 5 nitrogen and oxygen atoms in total. The Hall–Kier alpha value is -1.59. The van der Waals surface area contributed by atoms with E-state index >= 15 is 0 Å². The summed E-state index contributed by atoms with van der Waals surface area (Å²) < 4.78 is 5.67. The molecule has 19 heavy (non-hydrogen) atoms. The maximum Gasteiger partial charge on any atom is 0.255 e. The second-order valence-corrected chi connectivity index (χ2v) is 5.24. The van der Waals surface area contributed by atoms with E-state index in [1.807, 2.05) is 0 Å². The van der Waals surface area contributed by atoms with E-state index in [0.717, 1.165) is 19.4 Å². The van der Waals surface area contributed by atoms with Crippen LogP contribution >= 0.6 is 0 Å². The largest absolute Gasteiger partial charge is 0.507 e. The number of ether oxygens (including phenoxy) is 1. The van der Waals surface area contributed by atoms with Gasteiger partial charge in [-0.2, -0.15) is 0 Å². The zero-order valence-electron chi connectivity index (χ0n) is 10.6. The van der Waals surface area contributed by atoms with E-state index in [4.69, 9.17) is 10.5 Å². The average molecular weight is 262 g/mol. The number of phenols is 1. The number of fused-ring (bicyclic) bond motifs is 1. The lowest BCUT2D eigenvalue weighted by atomic mass is 9.68. The van der Waals surface area contributed by atoms with Crippen molar-refractivity contribution in [1.29, 1.82) is 0 Å². The van der Waals surface area contributed by atoms with Crippen molar-refractivity contribution in [3.05, 3.63) is 29.8 Å². The van der Waals surface area contributed by atoms with Gasteiger partial charge in [0.05, 0.1) is 17.7 Å². The third-order valence-corrected chi connectivity index (χ3v) is 4.12. The Bertz CT molecular complexity index is 491. The SMILES string of the molecule is NC1C2CCCOC2C1NC(=O)c1ccccc1O. The molecule has 1 aliphatic carbocycles. The molecule has 4 unspecified atom stereocenters. The number of nitrogens with two attached hydrogens (primary N) is 1. The topological polar surface area (TPSA) is 84.6 Å². The molecule has 1 aromatic rings. The summed E-state index contributed by atoms with van der Waals surface area (Å²) in [5, 5.41) is 12.5. The first-order chi connectivity index (χ1) is 9.18. The summed E-state index contributed by atoms with van der Waals surface area (Å²) in [6.07, 6.45) is 2.13. The number of benzene rings is 1. The molecule has 0 radical (unpaired) electrons. The molecule has 0 spiro atoms. The van der Waals surface area contributed by atoms with Gasteiger partial charge in [0.25, 0.3) is 5.91 Å². The normalized spacial score (nSPS) is 33.1. The standard InChI is InChI=1S/C14H18N2O3/c15-11-9-5-3-7-19-13(9)12(11)16-14(18)8-4-1-2-6-10(8)17/h1-2,4,6,9,11-13,17H,3,5,7,15H2,(H,16,18). The van der Waals surface area contributed by atoms with Crippen LogP contribution in [-0.2, 0) is 4.74 Å². The molecule has 1 aliphatic heterocycles. The van der Waals surface area contributed by atoms with Crippen LogP contribution in [0.2, 0.25) is 0 Å². The van der Waals surface area contributed by atoms with Crippen LogP contribution in [0.15, 0.2) is 24.3 Å². The lowest BCUT2D eigenvalue weighted by Gasteiger charge is -2.52. The molecular formula is C14H18N2O3. The predicted molar refractivity (Wildman–Crippen MR) is 69.8 cm³/mol. The van der Waals surface area contributed by atoms with Gasteiger partial charge in [0.2, 0.25) is 0 Å². The molecule has 1 amide bonds. The summed E-state index contributed by atoms with van der Waals surface area (Å²) >= 11 is 0. The second-order valence-electron chi connectivity index (χ2n) is 5.24. The quantitative estimate of drug-likeness (QED) is 0.729. The van der Waals surface area contributed by atoms with Crippen molar-refractivity contribution in [2.45, 2.75) is 31.0 Å². The number of aromatic hydroxyl groups is 1. The third-order valence-electron chi connectivity index (χ3n) is 4.12. The lowest BCUT2D eigenvalue weighted by molar-refractivity contribution is -0.117. The maximum absolute atomic E-state index is 12.1. The first-order valence-corrected chi connectivity index (χ1v) is 6.64. The van der Waals surface area contributed by atoms with Crippen LogP contribution in [0.1, 0.15) is 23.2 Å². The number of carbonyl (C=O) groups excluding carboxylic acids is 1. The van der Waals surface area contributed by atoms with Crippen molar-refractivity contribution in [2.24, 2.45) is 11.7 Å². The van der Waals surface area contributed by atoms with Gasteiger partial charge < -0.3 is 20.9 Å². The fraction of sp³-hybridized carbons (Fsp3) is 0.500. The van der Waals surface area contributed by atoms with Gasteiger partial charge in [-0.15, -0.1) is 0 Å². The van der Waals surface area contributed by atoms with Crippen molar-refractivity contribution >= 4 is 5.91 Å². The van der Waals surface area contributed by atoms with Crippen molar-refractivity contribution in [3.8, 4) is 5.75 Å². The van der Waals surface area contributed by atoms with Crippen molar-refractivity contribution in [1.82, 2.24) is 5.32 Å². The van der Waals surface area contributed by atoms with Gasteiger partial charge in [-0.25, -0.2) is 0 Å². The van der Waals surface area contributed by atoms with E-state index in [1.54, 1.807) is 18.2 Å². The van der Waals surface area contributed by atoms with Gasteiger partial charge in [0, 0.05) is 18.6 Å². The van der Waals surface area contributed by atoms with Crippen molar-refractivity contribution in [3.63, 3.8) is 0 Å². The molecule has 2 fully saturated rings. The van der Waals surface area contributed by atoms with Gasteiger partial charge >= 0.3 is 0 Å². The van der Waals surface area contributed by atoms with E-state index in [1.165, 1.54) is 6.07 Å². The maximum atomic E-state index is 12.1. The molecule has 0 aromatic heterocycles. The molecule has 5 heteroatoms.